The first kappa shape index (κ1) is 17.1. The smallest absolute Gasteiger partial charge is 0.382 e. The minimum atomic E-state index is -4.54. The van der Waals surface area contributed by atoms with Crippen LogP contribution in [0.1, 0.15) is 23.1 Å². The molecule has 0 amide bonds. The highest BCUT2D eigenvalue weighted by atomic mass is 35.5. The number of aliphatic hydroxyl groups excluding tert-OH is 1. The predicted octanol–water partition coefficient (Wildman–Crippen LogP) is 4.78. The van der Waals surface area contributed by atoms with Crippen LogP contribution in [-0.2, 0) is 13.2 Å². The number of fused-ring (bicyclic) bond motifs is 1. The van der Waals surface area contributed by atoms with Crippen LogP contribution < -0.4 is 0 Å². The second-order valence-corrected chi connectivity index (χ2v) is 5.97. The van der Waals surface area contributed by atoms with Crippen LogP contribution >= 0.6 is 23.2 Å². The Morgan fingerprint density at radius 1 is 1.25 bits per heavy atom. The zero-order valence-corrected chi connectivity index (χ0v) is 13.7. The topological polar surface area (TPSA) is 38.0 Å². The van der Waals surface area contributed by atoms with Crippen LogP contribution in [-0.4, -0.2) is 14.7 Å². The zero-order chi connectivity index (χ0) is 17.6. The van der Waals surface area contributed by atoms with E-state index in [1.54, 1.807) is 11.6 Å². The van der Waals surface area contributed by atoms with E-state index < -0.39 is 18.0 Å². The number of nitrogens with zero attached hydrogens (tertiary/aromatic N) is 2. The van der Waals surface area contributed by atoms with Crippen LogP contribution in [0.3, 0.4) is 0 Å². The average Bonchev–Trinajstić information content (AvgIpc) is 2.83. The summed E-state index contributed by atoms with van der Waals surface area (Å²) in [7, 11) is 1.62. The van der Waals surface area contributed by atoms with E-state index in [0.717, 1.165) is 6.07 Å². The number of aromatic nitrogens is 2. The summed E-state index contributed by atoms with van der Waals surface area (Å²) in [5.74, 6) is 0. The molecule has 3 aromatic rings. The summed E-state index contributed by atoms with van der Waals surface area (Å²) >= 11 is 12.1. The lowest BCUT2D eigenvalue weighted by Crippen LogP contribution is -2.08. The number of benzene rings is 1. The molecule has 1 unspecified atom stereocenters. The summed E-state index contributed by atoms with van der Waals surface area (Å²) in [5.41, 5.74) is 0.131. The minimum absolute atomic E-state index is 0.119. The van der Waals surface area contributed by atoms with Gasteiger partial charge in [0.1, 0.15) is 11.8 Å². The normalized spacial score (nSPS) is 13.5. The van der Waals surface area contributed by atoms with Gasteiger partial charge < -0.3 is 9.67 Å². The molecular formula is C16H10Cl2F3N2O. The Hall–Kier alpha value is -1.76. The van der Waals surface area contributed by atoms with Gasteiger partial charge in [-0.25, -0.2) is 4.98 Å². The lowest BCUT2D eigenvalue weighted by molar-refractivity contribution is -0.140. The van der Waals surface area contributed by atoms with Crippen LogP contribution in [0.4, 0.5) is 13.2 Å². The summed E-state index contributed by atoms with van der Waals surface area (Å²) in [6, 6.07) is 9.35. The minimum Gasteiger partial charge on any atom is -0.382 e. The number of hydrogen-bond donors (Lipinski definition) is 1. The third-order valence-corrected chi connectivity index (χ3v) is 4.36. The quantitative estimate of drug-likeness (QED) is 0.701. The maximum Gasteiger partial charge on any atom is 0.433 e. The molecule has 1 radical (unpaired) electrons. The first-order valence-electron chi connectivity index (χ1n) is 6.77. The molecule has 8 heteroatoms. The van der Waals surface area contributed by atoms with Crippen LogP contribution in [0.5, 0.6) is 0 Å². The SMILES string of the molecule is Cn1c(C(O)c2c(Cl)[c]ccc2Cl)cc2nc(C(F)(F)F)ccc21. The van der Waals surface area contributed by atoms with Crippen molar-refractivity contribution in [3.8, 4) is 0 Å². The standard InChI is InChI=1S/C16H10Cl2F3N2O/c1-23-11-5-6-13(16(19,20)21)22-10(11)7-12(23)15(24)14-8(17)3-2-4-9(14)18/h2-3,5-7,15,24H,1H3. The van der Waals surface area contributed by atoms with Crippen molar-refractivity contribution in [2.45, 2.75) is 12.3 Å². The van der Waals surface area contributed by atoms with E-state index in [2.05, 4.69) is 11.1 Å². The van der Waals surface area contributed by atoms with Gasteiger partial charge in [-0.15, -0.1) is 0 Å². The number of aryl methyl sites for hydroxylation is 1. The van der Waals surface area contributed by atoms with Gasteiger partial charge in [0.25, 0.3) is 0 Å². The highest BCUT2D eigenvalue weighted by Crippen LogP contribution is 2.36. The number of rotatable bonds is 2. The third kappa shape index (κ3) is 2.85. The fourth-order valence-electron chi connectivity index (χ4n) is 2.51. The second-order valence-electron chi connectivity index (χ2n) is 5.18. The molecule has 0 fully saturated rings. The van der Waals surface area contributed by atoms with E-state index in [-0.39, 0.29) is 21.1 Å². The van der Waals surface area contributed by atoms with Gasteiger partial charge in [0, 0.05) is 23.7 Å². The van der Waals surface area contributed by atoms with Crippen molar-refractivity contribution in [3.63, 3.8) is 0 Å². The van der Waals surface area contributed by atoms with Crippen molar-refractivity contribution in [1.82, 2.24) is 9.55 Å². The van der Waals surface area contributed by atoms with Crippen molar-refractivity contribution in [3.05, 3.63) is 63.4 Å². The van der Waals surface area contributed by atoms with Gasteiger partial charge in [-0.3, -0.25) is 0 Å². The molecule has 1 N–H and O–H groups in total. The van der Waals surface area contributed by atoms with E-state index in [1.807, 2.05) is 0 Å². The molecule has 0 aliphatic rings. The van der Waals surface area contributed by atoms with Crippen molar-refractivity contribution in [2.24, 2.45) is 7.05 Å². The maximum absolute atomic E-state index is 12.8. The molecule has 1 atom stereocenters. The lowest BCUT2D eigenvalue weighted by atomic mass is 10.1. The number of pyridine rings is 1. The molecule has 2 aromatic heterocycles. The monoisotopic (exact) mass is 373 g/mol. The lowest BCUT2D eigenvalue weighted by Gasteiger charge is -2.15. The van der Waals surface area contributed by atoms with E-state index in [0.29, 0.717) is 11.2 Å². The number of alkyl halides is 3. The molecule has 0 saturated heterocycles. The van der Waals surface area contributed by atoms with Gasteiger partial charge in [-0.2, -0.15) is 13.2 Å². The first-order valence-corrected chi connectivity index (χ1v) is 7.53. The molecule has 0 bridgehead atoms. The Labute approximate surface area is 145 Å². The number of hydrogen-bond acceptors (Lipinski definition) is 2. The Morgan fingerprint density at radius 2 is 1.96 bits per heavy atom. The molecule has 0 aliphatic carbocycles. The zero-order valence-electron chi connectivity index (χ0n) is 12.2. The van der Waals surface area contributed by atoms with Crippen LogP contribution in [0.2, 0.25) is 10.0 Å². The van der Waals surface area contributed by atoms with Crippen LogP contribution in [0.15, 0.2) is 30.3 Å². The molecule has 2 heterocycles. The van der Waals surface area contributed by atoms with Crippen molar-refractivity contribution in [2.75, 3.05) is 0 Å². The van der Waals surface area contributed by atoms with E-state index in [9.17, 15) is 18.3 Å². The fraction of sp³-hybridized carbons (Fsp3) is 0.188. The predicted molar refractivity (Wildman–Crippen MR) is 85.1 cm³/mol. The number of halogens is 5. The Morgan fingerprint density at radius 3 is 2.58 bits per heavy atom. The average molecular weight is 374 g/mol. The van der Waals surface area contributed by atoms with Crippen molar-refractivity contribution in [1.29, 1.82) is 0 Å². The van der Waals surface area contributed by atoms with Gasteiger partial charge in [0.05, 0.1) is 21.7 Å². The van der Waals surface area contributed by atoms with Crippen LogP contribution in [0, 0.1) is 6.07 Å². The Kier molecular flexibility index (Phi) is 4.23. The van der Waals surface area contributed by atoms with Gasteiger partial charge in [0.2, 0.25) is 0 Å². The maximum atomic E-state index is 12.8. The Bertz CT molecular complexity index is 901. The van der Waals surface area contributed by atoms with E-state index in [1.165, 1.54) is 24.3 Å². The van der Waals surface area contributed by atoms with Gasteiger partial charge in [0.15, 0.2) is 0 Å². The highest BCUT2D eigenvalue weighted by Gasteiger charge is 2.33. The van der Waals surface area contributed by atoms with Gasteiger partial charge in [-0.05, 0) is 24.3 Å². The highest BCUT2D eigenvalue weighted by molar-refractivity contribution is 6.36. The summed E-state index contributed by atoms with van der Waals surface area (Å²) in [6.07, 6.45) is -5.76. The van der Waals surface area contributed by atoms with E-state index in [4.69, 9.17) is 23.2 Å². The molecule has 3 nitrogen and oxygen atoms in total. The van der Waals surface area contributed by atoms with Crippen molar-refractivity contribution < 1.29 is 18.3 Å². The first-order chi connectivity index (χ1) is 11.2. The summed E-state index contributed by atoms with van der Waals surface area (Å²) in [6.45, 7) is 0. The Balaban J connectivity index is 2.15. The van der Waals surface area contributed by atoms with Crippen LogP contribution in [0.25, 0.3) is 11.0 Å². The summed E-state index contributed by atoms with van der Waals surface area (Å²) in [5, 5.41) is 11.0. The van der Waals surface area contributed by atoms with Crippen molar-refractivity contribution >= 4 is 34.2 Å². The molecule has 0 aliphatic heterocycles. The van der Waals surface area contributed by atoms with Gasteiger partial charge in [-0.1, -0.05) is 29.3 Å². The second kappa shape index (κ2) is 5.95. The largest absolute Gasteiger partial charge is 0.433 e. The summed E-state index contributed by atoms with van der Waals surface area (Å²) in [4.78, 5) is 3.62. The summed E-state index contributed by atoms with van der Waals surface area (Å²) < 4.78 is 39.9. The molecule has 0 spiro atoms. The molecule has 0 saturated carbocycles. The molecular weight excluding hydrogens is 364 g/mol. The fourth-order valence-corrected chi connectivity index (χ4v) is 3.09. The van der Waals surface area contributed by atoms with Gasteiger partial charge >= 0.3 is 6.18 Å². The third-order valence-electron chi connectivity index (χ3n) is 3.71. The van der Waals surface area contributed by atoms with E-state index >= 15 is 0 Å². The molecule has 1 aromatic carbocycles. The molecule has 3 rings (SSSR count). The molecule has 24 heavy (non-hydrogen) atoms. The number of aliphatic hydroxyl groups is 1. The molecule has 125 valence electrons.